The third-order valence-electron chi connectivity index (χ3n) is 21.2. The highest BCUT2D eigenvalue weighted by atomic mass is 15.2. The van der Waals surface area contributed by atoms with Crippen LogP contribution in [0.25, 0.3) is 64.6 Å². The van der Waals surface area contributed by atoms with Gasteiger partial charge in [-0.3, -0.25) is 0 Å². The molecule has 0 aliphatic rings. The predicted octanol–water partition coefficient (Wildman–Crippen LogP) is 26.8. The maximum atomic E-state index is 11.0. The summed E-state index contributed by atoms with van der Waals surface area (Å²) in [5, 5.41) is 56.4. The maximum Gasteiger partial charge on any atom is 0.101 e. The quantitative estimate of drug-likeness (QED) is 0.0737. The summed E-state index contributed by atoms with van der Waals surface area (Å²) in [4.78, 5) is 9.22. The van der Waals surface area contributed by atoms with Crippen LogP contribution in [0.4, 0.5) is 68.2 Å². The van der Waals surface area contributed by atoms with Gasteiger partial charge in [0.2, 0.25) is 0 Å². The Hall–Kier alpha value is -13.2. The fourth-order valence-corrected chi connectivity index (χ4v) is 16.3. The zero-order valence-electron chi connectivity index (χ0n) is 59.0. The number of hydrogen-bond donors (Lipinski definition) is 0. The van der Waals surface area contributed by atoms with Gasteiger partial charge in [0.25, 0.3) is 0 Å². The molecule has 8 heteroatoms. The molecule has 0 spiro atoms. The average molecular weight is 1340 g/mol. The molecule has 2 atom stereocenters. The number of nitriles is 4. The van der Waals surface area contributed by atoms with Crippen LogP contribution in [-0.2, 0) is 0 Å². The Morgan fingerprint density at radius 1 is 0.240 bits per heavy atom. The van der Waals surface area contributed by atoms with Crippen molar-refractivity contribution in [2.75, 3.05) is 19.6 Å². The van der Waals surface area contributed by atoms with E-state index in [0.717, 1.165) is 113 Å². The maximum absolute atomic E-state index is 11.0. The van der Waals surface area contributed by atoms with Gasteiger partial charge < -0.3 is 19.6 Å². The summed E-state index contributed by atoms with van der Waals surface area (Å²) in [7, 11) is 0. The van der Waals surface area contributed by atoms with Crippen molar-refractivity contribution < 1.29 is 0 Å². The minimum absolute atomic E-state index is 0.00502. The lowest BCUT2D eigenvalue weighted by atomic mass is 9.80. The lowest BCUT2D eigenvalue weighted by molar-refractivity contribution is 0.578. The molecule has 0 heterocycles. The zero-order valence-corrected chi connectivity index (χ0v) is 59.0. The summed E-state index contributed by atoms with van der Waals surface area (Å²) in [5.74, 6) is 0.294. The van der Waals surface area contributed by atoms with E-state index in [9.17, 15) is 21.0 Å². The minimum atomic E-state index is 0.00502. The van der Waals surface area contributed by atoms with Gasteiger partial charge in [0, 0.05) is 55.7 Å². The molecule has 0 amide bonds. The standard InChI is InChI=1S/C96H74N8/c1-61(2)83-53-89(101(69-29-11-7-12-30-69)73-37-23-25-65(51-73)57-97)79-49-45-77-85(55-90(80-47-43-75(83)93(79)95(77)80)102(70-31-13-8-14-32-70)74-38-24-26-66(52-74)58-98)63(5)41-42-64(6)86-56-92(104(72-35-17-10-18-36-72)88-40-22-20-28-68(88)60-100)82-48-44-76-84(62(3)4)54-91(81-50-46-78(86)96(82)94(76)81)103(71-33-15-9-16-34-71)87-39-21-19-27-67(87)59-99/h7-40,43-56,61-64H,41-42H2,1-6H3. The molecule has 0 aromatic heterocycles. The molecule has 2 unspecified atom stereocenters. The molecule has 0 aliphatic heterocycles. The molecule has 0 saturated heterocycles. The second-order valence-electron chi connectivity index (χ2n) is 28.0. The molecule has 16 rings (SSSR count). The van der Waals surface area contributed by atoms with Crippen molar-refractivity contribution in [1.29, 1.82) is 21.0 Å². The van der Waals surface area contributed by atoms with Crippen molar-refractivity contribution in [3.05, 3.63) is 336 Å². The summed E-state index contributed by atoms with van der Waals surface area (Å²) in [6, 6.07) is 112. The largest absolute Gasteiger partial charge is 0.310 e. The Labute approximate surface area is 607 Å². The molecule has 0 bridgehead atoms. The third kappa shape index (κ3) is 11.3. The van der Waals surface area contributed by atoms with Crippen molar-refractivity contribution in [1.82, 2.24) is 0 Å². The SMILES string of the molecule is CC(C)c1cc(N(c2ccccc2)c2cccc(C#N)c2)c2ccc3c(C(C)CCC(C)c4cc(N(c5ccccc5)c5ccccc5C#N)c5ccc6c(C(C)C)cc(N(c7ccccc7)c7ccccc7C#N)c7ccc4c5c67)cc(N(c4ccccc4)c4cccc(C#N)c4)c4ccc1c2c34. The first-order valence-electron chi connectivity index (χ1n) is 35.9. The Bertz CT molecular complexity index is 6120. The van der Waals surface area contributed by atoms with Gasteiger partial charge in [-0.1, -0.05) is 199 Å². The van der Waals surface area contributed by atoms with Gasteiger partial charge in [0.05, 0.1) is 68.5 Å². The molecular weight excluding hydrogens is 1270 g/mol. The van der Waals surface area contributed by atoms with Crippen LogP contribution < -0.4 is 19.6 Å². The van der Waals surface area contributed by atoms with Gasteiger partial charge in [-0.2, -0.15) is 21.0 Å². The van der Waals surface area contributed by atoms with Crippen molar-refractivity contribution in [2.45, 2.75) is 78.1 Å². The van der Waals surface area contributed by atoms with E-state index in [1.807, 2.05) is 91.0 Å². The average Bonchev–Trinajstić information content (AvgIpc) is 0.711. The second-order valence-corrected chi connectivity index (χ2v) is 28.0. The number of benzene rings is 16. The highest BCUT2D eigenvalue weighted by Crippen LogP contribution is 2.55. The summed E-state index contributed by atoms with van der Waals surface area (Å²) in [6.45, 7) is 13.9. The van der Waals surface area contributed by atoms with Crippen LogP contribution in [0.2, 0.25) is 0 Å². The third-order valence-corrected chi connectivity index (χ3v) is 21.2. The first-order valence-corrected chi connectivity index (χ1v) is 35.9. The Morgan fingerprint density at radius 3 is 0.827 bits per heavy atom. The van der Waals surface area contributed by atoms with E-state index in [0.29, 0.717) is 22.3 Å². The minimum Gasteiger partial charge on any atom is -0.310 e. The van der Waals surface area contributed by atoms with Crippen LogP contribution in [0.5, 0.6) is 0 Å². The van der Waals surface area contributed by atoms with E-state index in [2.05, 4.69) is 286 Å². The predicted molar refractivity (Wildman–Crippen MR) is 432 cm³/mol. The lowest BCUT2D eigenvalue weighted by Crippen LogP contribution is -2.14. The van der Waals surface area contributed by atoms with Crippen LogP contribution in [0.1, 0.15) is 123 Å². The monoisotopic (exact) mass is 1340 g/mol. The van der Waals surface area contributed by atoms with Gasteiger partial charge in [-0.05, 0) is 235 Å². The fourth-order valence-electron chi connectivity index (χ4n) is 16.3. The molecular formula is C96H74N8. The Morgan fingerprint density at radius 2 is 0.510 bits per heavy atom. The molecule has 104 heavy (non-hydrogen) atoms. The summed E-state index contributed by atoms with van der Waals surface area (Å²) in [6.07, 6.45) is 1.64. The number of para-hydroxylation sites is 6. The normalized spacial score (nSPS) is 12.1. The lowest BCUT2D eigenvalue weighted by Gasteiger charge is -2.32. The van der Waals surface area contributed by atoms with E-state index in [-0.39, 0.29) is 23.7 Å². The molecule has 0 N–H and O–H groups in total. The first kappa shape index (κ1) is 65.4. The molecule has 16 aromatic rings. The van der Waals surface area contributed by atoms with Crippen LogP contribution in [0.3, 0.4) is 0 Å². The fraction of sp³-hybridized carbons (Fsp3) is 0.125. The van der Waals surface area contributed by atoms with Crippen LogP contribution in [0.15, 0.2) is 291 Å². The number of anilines is 12. The number of rotatable bonds is 19. The highest BCUT2D eigenvalue weighted by Gasteiger charge is 2.31. The molecule has 0 radical (unpaired) electrons. The second kappa shape index (κ2) is 27.4. The van der Waals surface area contributed by atoms with E-state index in [4.69, 9.17) is 0 Å². The molecule has 0 saturated carbocycles. The van der Waals surface area contributed by atoms with E-state index in [1.165, 1.54) is 54.6 Å². The number of nitrogens with zero attached hydrogens (tertiary/aromatic N) is 8. The first-order chi connectivity index (χ1) is 50.9. The highest BCUT2D eigenvalue weighted by molar-refractivity contribution is 6.31. The van der Waals surface area contributed by atoms with Gasteiger partial charge >= 0.3 is 0 Å². The molecule has 16 aromatic carbocycles. The summed E-state index contributed by atoms with van der Waals surface area (Å²) >= 11 is 0. The Balaban J connectivity index is 0.928. The molecule has 498 valence electrons. The van der Waals surface area contributed by atoms with Gasteiger partial charge in [-0.15, -0.1) is 0 Å². The van der Waals surface area contributed by atoms with Gasteiger partial charge in [-0.25, -0.2) is 0 Å². The van der Waals surface area contributed by atoms with Crippen molar-refractivity contribution in [3.8, 4) is 24.3 Å². The van der Waals surface area contributed by atoms with Crippen molar-refractivity contribution in [2.24, 2.45) is 0 Å². The summed E-state index contributed by atoms with van der Waals surface area (Å²) in [5.41, 5.74) is 18.4. The zero-order chi connectivity index (χ0) is 71.3. The molecule has 0 fully saturated rings. The van der Waals surface area contributed by atoms with Crippen LogP contribution >= 0.6 is 0 Å². The van der Waals surface area contributed by atoms with E-state index < -0.39 is 0 Å². The van der Waals surface area contributed by atoms with Crippen molar-refractivity contribution >= 4 is 133 Å². The number of hydrogen-bond acceptors (Lipinski definition) is 8. The smallest absolute Gasteiger partial charge is 0.101 e. The molecule has 0 aliphatic carbocycles. The van der Waals surface area contributed by atoms with Gasteiger partial charge in [0.1, 0.15) is 12.1 Å². The van der Waals surface area contributed by atoms with E-state index in [1.54, 1.807) is 0 Å². The Kier molecular flexibility index (Phi) is 17.2. The van der Waals surface area contributed by atoms with Crippen LogP contribution in [0, 0.1) is 45.3 Å². The van der Waals surface area contributed by atoms with E-state index >= 15 is 0 Å². The van der Waals surface area contributed by atoms with Crippen LogP contribution in [-0.4, -0.2) is 0 Å². The topological polar surface area (TPSA) is 108 Å². The van der Waals surface area contributed by atoms with Crippen molar-refractivity contribution in [3.63, 3.8) is 0 Å². The summed E-state index contributed by atoms with van der Waals surface area (Å²) < 4.78 is 0. The molecule has 8 nitrogen and oxygen atoms in total. The van der Waals surface area contributed by atoms with Gasteiger partial charge in [0.15, 0.2) is 0 Å².